The smallest absolute Gasteiger partial charge is 0.348 e. The summed E-state index contributed by atoms with van der Waals surface area (Å²) < 4.78 is 76.9. The molecule has 2 heterocycles. The molecule has 2 amide bonds. The maximum atomic E-state index is 12.8. The number of pyridine rings is 2. The first-order chi connectivity index (χ1) is 23.8. The fourth-order valence-electron chi connectivity index (χ4n) is 4.93. The van der Waals surface area contributed by atoms with Crippen LogP contribution in [0.1, 0.15) is 43.0 Å². The molecule has 6 aromatic rings. The average molecular weight is 723 g/mol. The number of hydrogen-bond donors (Lipinski definition) is 2. The quantitative estimate of drug-likeness (QED) is 0.114. The van der Waals surface area contributed by atoms with Gasteiger partial charge in [0, 0.05) is 46.0 Å². The Kier molecular flexibility index (Phi) is 10.0. The maximum Gasteiger partial charge on any atom is 0.416 e. The summed E-state index contributed by atoms with van der Waals surface area (Å²) in [4.78, 5) is 36.3. The fraction of sp³-hybridized carbons (Fsp3) is 0.111. The molecule has 14 heteroatoms. The highest BCUT2D eigenvalue weighted by Gasteiger charge is 2.30. The molecule has 50 heavy (non-hydrogen) atoms. The monoisotopic (exact) mass is 722 g/mol. The Labute approximate surface area is 289 Å². The van der Waals surface area contributed by atoms with Gasteiger partial charge < -0.3 is 10.6 Å². The van der Waals surface area contributed by atoms with Crippen LogP contribution in [0.15, 0.2) is 119 Å². The minimum absolute atomic E-state index is 0.0511. The summed E-state index contributed by atoms with van der Waals surface area (Å²) in [5.41, 5.74) is 1.47. The number of rotatable bonds is 9. The van der Waals surface area contributed by atoms with Crippen molar-refractivity contribution in [1.82, 2.24) is 20.6 Å². The van der Waals surface area contributed by atoms with Gasteiger partial charge in [-0.3, -0.25) is 19.6 Å². The summed E-state index contributed by atoms with van der Waals surface area (Å²) in [5.74, 6) is -0.831. The third-order valence-electron chi connectivity index (χ3n) is 7.56. The third kappa shape index (κ3) is 8.20. The van der Waals surface area contributed by atoms with Crippen molar-refractivity contribution in [3.05, 3.63) is 143 Å². The molecule has 0 radical (unpaired) electrons. The SMILES string of the molecule is O=C(NCc1ccc(C(F)(F)F)cc1)c1cnc2c(SSc3cccc4cc(C(=O)NCc5ccc(C(F)(F)F)cc5)cnc34)cccc2c1. The van der Waals surface area contributed by atoms with Gasteiger partial charge in [0.15, 0.2) is 0 Å². The molecule has 254 valence electrons. The van der Waals surface area contributed by atoms with Gasteiger partial charge in [-0.1, -0.05) is 70.1 Å². The van der Waals surface area contributed by atoms with Crippen molar-refractivity contribution < 1.29 is 35.9 Å². The number of alkyl halides is 6. The van der Waals surface area contributed by atoms with E-state index in [0.29, 0.717) is 33.3 Å². The fourth-order valence-corrected chi connectivity index (χ4v) is 7.22. The molecule has 0 aliphatic carbocycles. The first kappa shape index (κ1) is 34.8. The molecule has 0 fully saturated rings. The number of benzene rings is 4. The molecule has 0 saturated heterocycles. The molecule has 0 saturated carbocycles. The van der Waals surface area contributed by atoms with Crippen LogP contribution in [0.4, 0.5) is 26.3 Å². The van der Waals surface area contributed by atoms with Gasteiger partial charge in [-0.25, -0.2) is 0 Å². The number of carbonyl (C=O) groups excluding carboxylic acids is 2. The van der Waals surface area contributed by atoms with Gasteiger partial charge >= 0.3 is 12.4 Å². The Balaban J connectivity index is 1.09. The number of halogens is 6. The van der Waals surface area contributed by atoms with Gasteiger partial charge in [-0.15, -0.1) is 0 Å². The Morgan fingerprint density at radius 3 is 1.30 bits per heavy atom. The van der Waals surface area contributed by atoms with E-state index in [2.05, 4.69) is 20.6 Å². The summed E-state index contributed by atoms with van der Waals surface area (Å²) in [6.07, 6.45) is -5.97. The predicted molar refractivity (Wildman–Crippen MR) is 180 cm³/mol. The van der Waals surface area contributed by atoms with Crippen molar-refractivity contribution in [2.24, 2.45) is 0 Å². The van der Waals surface area contributed by atoms with Crippen LogP contribution in [0.5, 0.6) is 0 Å². The second-order valence-corrected chi connectivity index (χ2v) is 13.2. The molecular weight excluding hydrogens is 699 g/mol. The normalized spacial score (nSPS) is 11.9. The Morgan fingerprint density at radius 2 is 0.940 bits per heavy atom. The maximum absolute atomic E-state index is 12.8. The molecule has 2 aromatic heterocycles. The molecule has 0 spiro atoms. The van der Waals surface area contributed by atoms with E-state index in [1.165, 1.54) is 58.2 Å². The average Bonchev–Trinajstić information content (AvgIpc) is 3.11. The second-order valence-electron chi connectivity index (χ2n) is 11.0. The van der Waals surface area contributed by atoms with Crippen LogP contribution in [0, 0.1) is 0 Å². The summed E-state index contributed by atoms with van der Waals surface area (Å²) in [7, 11) is 2.89. The van der Waals surface area contributed by atoms with Gasteiger partial charge in [0.05, 0.1) is 33.3 Å². The highest BCUT2D eigenvalue weighted by molar-refractivity contribution is 8.76. The van der Waals surface area contributed by atoms with Gasteiger partial charge in [-0.05, 0) is 59.7 Å². The number of nitrogens with one attached hydrogen (secondary N) is 2. The summed E-state index contributed by atoms with van der Waals surface area (Å²) >= 11 is 0. The number of hydrogen-bond acceptors (Lipinski definition) is 6. The lowest BCUT2D eigenvalue weighted by molar-refractivity contribution is -0.138. The van der Waals surface area contributed by atoms with E-state index in [1.54, 1.807) is 12.1 Å². The topological polar surface area (TPSA) is 84.0 Å². The van der Waals surface area contributed by atoms with Crippen molar-refractivity contribution >= 4 is 55.2 Å². The van der Waals surface area contributed by atoms with Crippen molar-refractivity contribution in [3.8, 4) is 0 Å². The first-order valence-corrected chi connectivity index (χ1v) is 17.0. The molecule has 0 unspecified atom stereocenters. The van der Waals surface area contributed by atoms with Crippen LogP contribution >= 0.6 is 21.6 Å². The van der Waals surface area contributed by atoms with E-state index >= 15 is 0 Å². The number of carbonyl (C=O) groups is 2. The molecule has 0 atom stereocenters. The van der Waals surface area contributed by atoms with Crippen molar-refractivity contribution in [2.75, 3.05) is 0 Å². The van der Waals surface area contributed by atoms with Crippen LogP contribution in [-0.2, 0) is 25.4 Å². The van der Waals surface area contributed by atoms with Crippen LogP contribution in [0.25, 0.3) is 21.8 Å². The van der Waals surface area contributed by atoms with E-state index in [0.717, 1.165) is 44.8 Å². The summed E-state index contributed by atoms with van der Waals surface area (Å²) in [6, 6.07) is 23.7. The zero-order valence-electron chi connectivity index (χ0n) is 25.6. The number of fused-ring (bicyclic) bond motifs is 2. The molecule has 6 nitrogen and oxygen atoms in total. The first-order valence-electron chi connectivity index (χ1n) is 14.9. The zero-order valence-corrected chi connectivity index (χ0v) is 27.2. The number of para-hydroxylation sites is 2. The molecule has 2 N–H and O–H groups in total. The number of aromatic nitrogens is 2. The predicted octanol–water partition coefficient (Wildman–Crippen LogP) is 9.48. The Bertz CT molecular complexity index is 2040. The highest BCUT2D eigenvalue weighted by Crippen LogP contribution is 2.42. The van der Waals surface area contributed by atoms with Gasteiger partial charge in [-0.2, -0.15) is 26.3 Å². The largest absolute Gasteiger partial charge is 0.416 e. The minimum atomic E-state index is -4.43. The third-order valence-corrected chi connectivity index (χ3v) is 9.99. The van der Waals surface area contributed by atoms with Crippen molar-refractivity contribution in [3.63, 3.8) is 0 Å². The van der Waals surface area contributed by atoms with E-state index in [9.17, 15) is 35.9 Å². The number of nitrogens with zero attached hydrogens (tertiary/aromatic N) is 2. The van der Waals surface area contributed by atoms with Crippen molar-refractivity contribution in [2.45, 2.75) is 35.2 Å². The van der Waals surface area contributed by atoms with E-state index in [-0.39, 0.29) is 13.1 Å². The lowest BCUT2D eigenvalue weighted by Crippen LogP contribution is -2.23. The molecule has 6 rings (SSSR count). The van der Waals surface area contributed by atoms with Crippen LogP contribution in [0.3, 0.4) is 0 Å². The standard InChI is InChI=1S/C36H24F6N4O2S2/c37-35(38,39)27-11-7-21(8-12-27)17-45-33(47)25-15-23-3-1-5-29(31(23)43-19-25)49-50-30-6-2-4-24-16-26(20-44-32(24)30)34(48)46-18-22-9-13-28(14-10-22)36(40,41)42/h1-16,19-20H,17-18H2,(H,45,47)(H,46,48). The lowest BCUT2D eigenvalue weighted by atomic mass is 10.1. The Morgan fingerprint density at radius 1 is 0.560 bits per heavy atom. The number of amides is 2. The van der Waals surface area contributed by atoms with Gasteiger partial charge in [0.25, 0.3) is 11.8 Å². The highest BCUT2D eigenvalue weighted by atomic mass is 33.1. The minimum Gasteiger partial charge on any atom is -0.348 e. The molecule has 0 bridgehead atoms. The van der Waals surface area contributed by atoms with E-state index < -0.39 is 35.3 Å². The molecular formula is C36H24F6N4O2S2. The van der Waals surface area contributed by atoms with Crippen LogP contribution in [-0.4, -0.2) is 21.8 Å². The zero-order chi connectivity index (χ0) is 35.5. The van der Waals surface area contributed by atoms with E-state index in [1.807, 2.05) is 36.4 Å². The molecule has 0 aliphatic heterocycles. The summed E-state index contributed by atoms with van der Waals surface area (Å²) in [6.45, 7) is 0.102. The second kappa shape index (κ2) is 14.4. The van der Waals surface area contributed by atoms with Crippen LogP contribution < -0.4 is 10.6 Å². The summed E-state index contributed by atoms with van der Waals surface area (Å²) in [5, 5.41) is 6.87. The molecule has 4 aromatic carbocycles. The van der Waals surface area contributed by atoms with Gasteiger partial charge in [0.1, 0.15) is 0 Å². The van der Waals surface area contributed by atoms with Crippen molar-refractivity contribution in [1.29, 1.82) is 0 Å². The Hall–Kier alpha value is -5.08. The lowest BCUT2D eigenvalue weighted by Gasteiger charge is -2.10. The van der Waals surface area contributed by atoms with Crippen LogP contribution in [0.2, 0.25) is 0 Å². The van der Waals surface area contributed by atoms with E-state index in [4.69, 9.17) is 0 Å². The van der Waals surface area contributed by atoms with Gasteiger partial charge in [0.2, 0.25) is 0 Å². The molecule has 0 aliphatic rings.